The summed E-state index contributed by atoms with van der Waals surface area (Å²) in [6.07, 6.45) is 0. The second kappa shape index (κ2) is 6.34. The molecule has 142 valence electrons. The summed E-state index contributed by atoms with van der Waals surface area (Å²) in [5.41, 5.74) is 8.93. The maximum atomic E-state index is 13.1. The highest BCUT2D eigenvalue weighted by Crippen LogP contribution is 2.27. The predicted octanol–water partition coefficient (Wildman–Crippen LogP) is 4.16. The van der Waals surface area contributed by atoms with Crippen LogP contribution in [0.2, 0.25) is 0 Å². The maximum Gasteiger partial charge on any atom is 0.280 e. The van der Waals surface area contributed by atoms with E-state index in [1.54, 1.807) is 7.11 Å². The zero-order valence-electron chi connectivity index (χ0n) is 16.4. The van der Waals surface area contributed by atoms with E-state index in [0.717, 1.165) is 10.9 Å². The van der Waals surface area contributed by atoms with E-state index in [9.17, 15) is 4.79 Å². The molecule has 0 aliphatic rings. The van der Waals surface area contributed by atoms with Gasteiger partial charge in [0.15, 0.2) is 11.5 Å². The van der Waals surface area contributed by atoms with Crippen molar-refractivity contribution in [3.8, 4) is 5.75 Å². The first-order valence-electron chi connectivity index (χ1n) is 9.06. The van der Waals surface area contributed by atoms with Gasteiger partial charge in [-0.3, -0.25) is 4.79 Å². The second-order valence-corrected chi connectivity index (χ2v) is 7.85. The van der Waals surface area contributed by atoms with E-state index < -0.39 is 0 Å². The summed E-state index contributed by atoms with van der Waals surface area (Å²) in [6.45, 7) is 6.40. The van der Waals surface area contributed by atoms with E-state index in [1.807, 2.05) is 48.5 Å². The van der Waals surface area contributed by atoms with Gasteiger partial charge in [-0.1, -0.05) is 32.9 Å². The molecule has 0 aliphatic heterocycles. The Labute approximate surface area is 162 Å². The molecule has 4 rings (SSSR count). The minimum atomic E-state index is -0.267. The molecule has 28 heavy (non-hydrogen) atoms. The largest absolute Gasteiger partial charge is 0.497 e. The van der Waals surface area contributed by atoms with Gasteiger partial charge in [-0.25, -0.2) is 4.98 Å². The van der Waals surface area contributed by atoms with Crippen LogP contribution in [0.5, 0.6) is 5.75 Å². The van der Waals surface area contributed by atoms with E-state index in [0.29, 0.717) is 27.9 Å². The van der Waals surface area contributed by atoms with Gasteiger partial charge >= 0.3 is 0 Å². The summed E-state index contributed by atoms with van der Waals surface area (Å²) in [7, 11) is 1.60. The number of nitrogens with two attached hydrogens (primary N) is 1. The highest BCUT2D eigenvalue weighted by atomic mass is 16.5. The fraction of sp³-hybridized carbons (Fsp3) is 0.227. The fourth-order valence-corrected chi connectivity index (χ4v) is 3.20. The zero-order valence-corrected chi connectivity index (χ0v) is 16.4. The van der Waals surface area contributed by atoms with Crippen LogP contribution in [0.1, 0.15) is 36.7 Å². The van der Waals surface area contributed by atoms with Gasteiger partial charge in [0, 0.05) is 17.0 Å². The van der Waals surface area contributed by atoms with Crippen LogP contribution in [0.3, 0.4) is 0 Å². The fourth-order valence-electron chi connectivity index (χ4n) is 3.20. The average molecular weight is 374 g/mol. The molecule has 0 fully saturated rings. The lowest BCUT2D eigenvalue weighted by molar-refractivity contribution is 0.0950. The summed E-state index contributed by atoms with van der Waals surface area (Å²) in [5.74, 6) is 0.708. The van der Waals surface area contributed by atoms with Gasteiger partial charge in [0.2, 0.25) is 0 Å². The molecule has 6 nitrogen and oxygen atoms in total. The monoisotopic (exact) mass is 374 g/mol. The Morgan fingerprint density at radius 3 is 2.43 bits per heavy atom. The second-order valence-electron chi connectivity index (χ2n) is 7.85. The van der Waals surface area contributed by atoms with Crippen LogP contribution < -0.4 is 10.5 Å². The number of hydrogen-bond acceptors (Lipinski definition) is 5. The number of nitrogens with zero attached hydrogens (tertiary/aromatic N) is 3. The third-order valence-electron chi connectivity index (χ3n) is 4.88. The predicted molar refractivity (Wildman–Crippen MR) is 111 cm³/mol. The van der Waals surface area contributed by atoms with Gasteiger partial charge in [0.25, 0.3) is 5.91 Å². The van der Waals surface area contributed by atoms with Crippen molar-refractivity contribution in [2.24, 2.45) is 0 Å². The molecule has 2 aromatic carbocycles. The molecule has 0 radical (unpaired) electrons. The first-order valence-corrected chi connectivity index (χ1v) is 9.06. The van der Waals surface area contributed by atoms with Gasteiger partial charge in [0.1, 0.15) is 5.75 Å². The molecule has 4 aromatic rings. The first kappa shape index (κ1) is 18.0. The number of aromatic nitrogens is 3. The third-order valence-corrected chi connectivity index (χ3v) is 4.88. The van der Waals surface area contributed by atoms with Crippen molar-refractivity contribution in [2.75, 3.05) is 12.8 Å². The molecule has 0 atom stereocenters. The van der Waals surface area contributed by atoms with E-state index >= 15 is 0 Å². The van der Waals surface area contributed by atoms with Crippen molar-refractivity contribution in [3.05, 3.63) is 59.7 Å². The quantitative estimate of drug-likeness (QED) is 0.569. The Hall–Kier alpha value is -3.41. The Kier molecular flexibility index (Phi) is 4.07. The topological polar surface area (TPSA) is 83.0 Å². The molecule has 0 amide bonds. The van der Waals surface area contributed by atoms with Crippen molar-refractivity contribution in [2.45, 2.75) is 26.2 Å². The minimum absolute atomic E-state index is 0.0178. The smallest absolute Gasteiger partial charge is 0.280 e. The number of nitrogen functional groups attached to an aromatic ring is 1. The third kappa shape index (κ3) is 2.97. The molecule has 2 heterocycles. The minimum Gasteiger partial charge on any atom is -0.497 e. The lowest BCUT2D eigenvalue weighted by Crippen LogP contribution is -2.16. The van der Waals surface area contributed by atoms with Crippen LogP contribution in [0.25, 0.3) is 21.9 Å². The van der Waals surface area contributed by atoms with Crippen LogP contribution in [-0.2, 0) is 5.41 Å². The summed E-state index contributed by atoms with van der Waals surface area (Å²) >= 11 is 0. The molecule has 2 N–H and O–H groups in total. The van der Waals surface area contributed by atoms with Crippen molar-refractivity contribution in [1.29, 1.82) is 0 Å². The molecular formula is C22H22N4O2. The lowest BCUT2D eigenvalue weighted by Gasteiger charge is -2.18. The van der Waals surface area contributed by atoms with Crippen molar-refractivity contribution in [1.82, 2.24) is 14.8 Å². The van der Waals surface area contributed by atoms with E-state index in [-0.39, 0.29) is 17.1 Å². The number of fused-ring (bicyclic) bond motifs is 2. The zero-order chi connectivity index (χ0) is 20.1. The van der Waals surface area contributed by atoms with Gasteiger partial charge in [-0.2, -0.15) is 4.68 Å². The number of pyridine rings is 1. The molecule has 2 aromatic heterocycles. The van der Waals surface area contributed by atoms with Crippen molar-refractivity contribution in [3.63, 3.8) is 0 Å². The molecule has 0 spiro atoms. The normalized spacial score (nSPS) is 11.9. The number of carbonyl (C=O) groups is 1. The maximum absolute atomic E-state index is 13.1. The van der Waals surface area contributed by atoms with Crippen LogP contribution >= 0.6 is 0 Å². The van der Waals surface area contributed by atoms with Crippen LogP contribution in [0, 0.1) is 0 Å². The van der Waals surface area contributed by atoms with E-state index in [4.69, 9.17) is 10.5 Å². The number of carbonyl (C=O) groups excluding carboxylic acids is 1. The van der Waals surface area contributed by atoms with E-state index in [1.165, 1.54) is 4.68 Å². The van der Waals surface area contributed by atoms with Gasteiger partial charge in [-0.05, 0) is 41.3 Å². The summed E-state index contributed by atoms with van der Waals surface area (Å²) in [5, 5.41) is 5.81. The highest BCUT2D eigenvalue weighted by molar-refractivity contribution is 6.05. The first-order chi connectivity index (χ1) is 13.3. The van der Waals surface area contributed by atoms with Crippen LogP contribution in [0.15, 0.2) is 48.5 Å². The standard InChI is InChI=1S/C22H22N4O2/c1-22(2,3)15-8-5-13(6-9-15)21(27)26-20-17(19(23)25-26)11-14-7-10-16(28-4)12-18(14)24-20/h5-12H,1-4H3,(H2,23,25). The van der Waals surface area contributed by atoms with Crippen molar-refractivity contribution >= 4 is 33.7 Å². The number of ether oxygens (including phenoxy) is 1. The van der Waals surface area contributed by atoms with Crippen LogP contribution in [-0.4, -0.2) is 27.8 Å². The van der Waals surface area contributed by atoms with Crippen LogP contribution in [0.4, 0.5) is 5.82 Å². The molecule has 0 bridgehead atoms. The lowest BCUT2D eigenvalue weighted by atomic mass is 9.87. The van der Waals surface area contributed by atoms with Gasteiger partial charge in [-0.15, -0.1) is 5.10 Å². The average Bonchev–Trinajstić information content (AvgIpc) is 3.00. The SMILES string of the molecule is COc1ccc2cc3c(N)nn(C(=O)c4ccc(C(C)(C)C)cc4)c3nc2c1. The Morgan fingerprint density at radius 1 is 1.07 bits per heavy atom. The molecular weight excluding hydrogens is 352 g/mol. The van der Waals surface area contributed by atoms with Gasteiger partial charge < -0.3 is 10.5 Å². The summed E-state index contributed by atoms with van der Waals surface area (Å²) in [4.78, 5) is 17.7. The molecule has 0 aliphatic carbocycles. The number of rotatable bonds is 2. The number of methoxy groups -OCH3 is 1. The molecule has 0 saturated heterocycles. The molecule has 6 heteroatoms. The summed E-state index contributed by atoms with van der Waals surface area (Å²) in [6, 6.07) is 15.1. The number of anilines is 1. The number of benzene rings is 2. The number of hydrogen-bond donors (Lipinski definition) is 1. The van der Waals surface area contributed by atoms with E-state index in [2.05, 4.69) is 30.9 Å². The summed E-state index contributed by atoms with van der Waals surface area (Å²) < 4.78 is 6.54. The molecule has 0 saturated carbocycles. The Morgan fingerprint density at radius 2 is 1.79 bits per heavy atom. The highest BCUT2D eigenvalue weighted by Gasteiger charge is 2.19. The van der Waals surface area contributed by atoms with Gasteiger partial charge in [0.05, 0.1) is 18.0 Å². The Bertz CT molecular complexity index is 1200. The Balaban J connectivity index is 1.83. The molecule has 0 unspecified atom stereocenters. The van der Waals surface area contributed by atoms with Crippen molar-refractivity contribution < 1.29 is 9.53 Å².